The molecule has 1 amide bonds. The van der Waals surface area contributed by atoms with Crippen LogP contribution in [0.25, 0.3) is 0 Å². The molecule has 0 spiro atoms. The summed E-state index contributed by atoms with van der Waals surface area (Å²) in [5.41, 5.74) is 0.150. The number of aliphatic carboxylic acids is 1. The highest BCUT2D eigenvalue weighted by Crippen LogP contribution is 2.28. The van der Waals surface area contributed by atoms with Crippen molar-refractivity contribution in [2.45, 2.75) is 23.8 Å². The number of rotatable bonds is 6. The second kappa shape index (κ2) is 5.49. The van der Waals surface area contributed by atoms with E-state index in [4.69, 9.17) is 5.11 Å². The maximum absolute atomic E-state index is 12.4. The van der Waals surface area contributed by atoms with Crippen LogP contribution >= 0.6 is 0 Å². The summed E-state index contributed by atoms with van der Waals surface area (Å²) in [6.45, 7) is -0.386. The van der Waals surface area contributed by atoms with Gasteiger partial charge in [-0.3, -0.25) is 9.59 Å². The summed E-state index contributed by atoms with van der Waals surface area (Å²) in [6, 6.07) is 1.18. The predicted molar refractivity (Wildman–Crippen MR) is 73.4 cm³/mol. The fourth-order valence-corrected chi connectivity index (χ4v) is 2.86. The molecule has 1 saturated carbocycles. The van der Waals surface area contributed by atoms with Crippen LogP contribution in [0, 0.1) is 0 Å². The van der Waals surface area contributed by atoms with Crippen molar-refractivity contribution in [1.82, 2.24) is 14.2 Å². The van der Waals surface area contributed by atoms with Crippen molar-refractivity contribution in [3.05, 3.63) is 18.0 Å². The summed E-state index contributed by atoms with van der Waals surface area (Å²) in [5, 5.41) is 8.89. The quantitative estimate of drug-likeness (QED) is 0.744. The molecule has 21 heavy (non-hydrogen) atoms. The van der Waals surface area contributed by atoms with Crippen LogP contribution in [0.4, 0.5) is 0 Å². The van der Waals surface area contributed by atoms with E-state index in [-0.39, 0.29) is 23.2 Å². The zero-order valence-electron chi connectivity index (χ0n) is 11.7. The van der Waals surface area contributed by atoms with E-state index >= 15 is 0 Å². The molecule has 8 nitrogen and oxygen atoms in total. The van der Waals surface area contributed by atoms with Crippen LogP contribution in [-0.2, 0) is 21.9 Å². The zero-order chi connectivity index (χ0) is 15.8. The van der Waals surface area contributed by atoms with Gasteiger partial charge in [-0.2, -0.15) is 0 Å². The lowest BCUT2D eigenvalue weighted by molar-refractivity contribution is -0.137. The molecule has 0 aromatic carbocycles. The van der Waals surface area contributed by atoms with Gasteiger partial charge < -0.3 is 14.6 Å². The van der Waals surface area contributed by atoms with Gasteiger partial charge in [0.15, 0.2) is 0 Å². The number of amides is 1. The molecule has 1 aromatic rings. The van der Waals surface area contributed by atoms with E-state index in [1.54, 1.807) is 7.05 Å². The number of carboxylic acid groups (broad SMARTS) is 1. The Kier molecular flexibility index (Phi) is 4.06. The SMILES string of the molecule is CNS(=O)(=O)c1cc(C(=O)N(CC(=O)O)C2CC2)n(C)c1. The molecular weight excluding hydrogens is 298 g/mol. The Bertz CT molecular complexity index is 675. The molecule has 0 radical (unpaired) electrons. The fourth-order valence-electron chi connectivity index (χ4n) is 2.06. The van der Waals surface area contributed by atoms with E-state index in [1.165, 1.54) is 28.8 Å². The molecule has 1 aliphatic rings. The van der Waals surface area contributed by atoms with Gasteiger partial charge in [0, 0.05) is 19.3 Å². The molecule has 1 aliphatic carbocycles. The van der Waals surface area contributed by atoms with E-state index in [0.29, 0.717) is 0 Å². The molecule has 0 aliphatic heterocycles. The Morgan fingerprint density at radius 3 is 2.57 bits per heavy atom. The summed E-state index contributed by atoms with van der Waals surface area (Å²) in [5.74, 6) is -1.56. The topological polar surface area (TPSA) is 109 Å². The fraction of sp³-hybridized carbons (Fsp3) is 0.500. The number of aromatic nitrogens is 1. The van der Waals surface area contributed by atoms with E-state index in [0.717, 1.165) is 12.8 Å². The summed E-state index contributed by atoms with van der Waals surface area (Å²) in [4.78, 5) is 24.5. The van der Waals surface area contributed by atoms with Gasteiger partial charge in [0.1, 0.15) is 17.1 Å². The van der Waals surface area contributed by atoms with E-state index in [1.807, 2.05) is 0 Å². The van der Waals surface area contributed by atoms with E-state index in [2.05, 4.69) is 4.72 Å². The molecule has 2 rings (SSSR count). The lowest BCUT2D eigenvalue weighted by Crippen LogP contribution is -2.38. The first-order valence-corrected chi connectivity index (χ1v) is 7.87. The lowest BCUT2D eigenvalue weighted by atomic mass is 10.3. The minimum Gasteiger partial charge on any atom is -0.480 e. The minimum atomic E-state index is -3.64. The number of carbonyl (C=O) groups is 2. The molecular formula is C12H17N3O5S. The summed E-state index contributed by atoms with van der Waals surface area (Å²) >= 11 is 0. The molecule has 9 heteroatoms. The first kappa shape index (κ1) is 15.5. The van der Waals surface area contributed by atoms with Crippen molar-refractivity contribution in [1.29, 1.82) is 0 Å². The minimum absolute atomic E-state index is 0.0260. The molecule has 2 N–H and O–H groups in total. The maximum atomic E-state index is 12.4. The number of carboxylic acids is 1. The molecule has 1 fully saturated rings. The lowest BCUT2D eigenvalue weighted by Gasteiger charge is -2.20. The zero-order valence-corrected chi connectivity index (χ0v) is 12.6. The second-order valence-electron chi connectivity index (χ2n) is 4.94. The van der Waals surface area contributed by atoms with Crippen LogP contribution in [0.1, 0.15) is 23.3 Å². The molecule has 116 valence electrons. The van der Waals surface area contributed by atoms with Gasteiger partial charge in [-0.05, 0) is 26.0 Å². The molecule has 1 heterocycles. The molecule has 1 aromatic heterocycles. The van der Waals surface area contributed by atoms with Gasteiger partial charge in [0.2, 0.25) is 10.0 Å². The number of aryl methyl sites for hydroxylation is 1. The van der Waals surface area contributed by atoms with E-state index < -0.39 is 21.9 Å². The van der Waals surface area contributed by atoms with E-state index in [9.17, 15) is 18.0 Å². The van der Waals surface area contributed by atoms with Crippen molar-refractivity contribution < 1.29 is 23.1 Å². The number of nitrogens with zero attached hydrogens (tertiary/aromatic N) is 2. The summed E-state index contributed by atoms with van der Waals surface area (Å²) in [7, 11) is -0.813. The van der Waals surface area contributed by atoms with Crippen LogP contribution in [-0.4, -0.2) is 54.5 Å². The van der Waals surface area contributed by atoms with Crippen molar-refractivity contribution >= 4 is 21.9 Å². The normalized spacial score (nSPS) is 15.0. The van der Waals surface area contributed by atoms with Gasteiger partial charge in [-0.1, -0.05) is 0 Å². The molecule has 0 bridgehead atoms. The average molecular weight is 315 g/mol. The van der Waals surface area contributed by atoms with Gasteiger partial charge in [0.25, 0.3) is 5.91 Å². The van der Waals surface area contributed by atoms with Crippen LogP contribution in [0.15, 0.2) is 17.2 Å². The first-order chi connectivity index (χ1) is 9.76. The Morgan fingerprint density at radius 2 is 2.10 bits per heavy atom. The van der Waals surface area contributed by atoms with Crippen LogP contribution in [0.3, 0.4) is 0 Å². The Balaban J connectivity index is 2.32. The highest BCUT2D eigenvalue weighted by Gasteiger charge is 2.35. The first-order valence-electron chi connectivity index (χ1n) is 6.39. The predicted octanol–water partition coefficient (Wildman–Crippen LogP) is -0.378. The monoisotopic (exact) mass is 315 g/mol. The molecule has 0 unspecified atom stereocenters. The van der Waals surface area contributed by atoms with Crippen LogP contribution < -0.4 is 4.72 Å². The van der Waals surface area contributed by atoms with Crippen molar-refractivity contribution in [3.63, 3.8) is 0 Å². The summed E-state index contributed by atoms with van der Waals surface area (Å²) in [6.07, 6.45) is 2.86. The third kappa shape index (κ3) is 3.24. The Morgan fingerprint density at radius 1 is 1.48 bits per heavy atom. The van der Waals surface area contributed by atoms with Gasteiger partial charge in [-0.15, -0.1) is 0 Å². The average Bonchev–Trinajstić information content (AvgIpc) is 3.17. The standard InChI is InChI=1S/C12H17N3O5S/c1-13-21(19,20)9-5-10(14(2)6-9)12(18)15(7-11(16)17)8-3-4-8/h5-6,8,13H,3-4,7H2,1-2H3,(H,16,17). The Hall–Kier alpha value is -1.87. The number of nitrogens with one attached hydrogen (secondary N) is 1. The second-order valence-corrected chi connectivity index (χ2v) is 6.82. The maximum Gasteiger partial charge on any atom is 0.323 e. The number of hydrogen-bond acceptors (Lipinski definition) is 4. The smallest absolute Gasteiger partial charge is 0.323 e. The molecule has 0 saturated heterocycles. The number of carbonyl (C=O) groups excluding carboxylic acids is 1. The Labute approximate surface area is 122 Å². The van der Waals surface area contributed by atoms with Crippen molar-refractivity contribution in [2.24, 2.45) is 7.05 Å². The van der Waals surface area contributed by atoms with Crippen LogP contribution in [0.5, 0.6) is 0 Å². The van der Waals surface area contributed by atoms with Crippen molar-refractivity contribution in [2.75, 3.05) is 13.6 Å². The number of sulfonamides is 1. The van der Waals surface area contributed by atoms with Gasteiger partial charge in [-0.25, -0.2) is 13.1 Å². The third-order valence-electron chi connectivity index (χ3n) is 3.33. The molecule has 0 atom stereocenters. The van der Waals surface area contributed by atoms with Gasteiger partial charge >= 0.3 is 5.97 Å². The highest BCUT2D eigenvalue weighted by molar-refractivity contribution is 7.89. The van der Waals surface area contributed by atoms with Gasteiger partial charge in [0.05, 0.1) is 0 Å². The summed E-state index contributed by atoms with van der Waals surface area (Å²) < 4.78 is 27.0. The highest BCUT2D eigenvalue weighted by atomic mass is 32.2. The third-order valence-corrected chi connectivity index (χ3v) is 4.71. The van der Waals surface area contributed by atoms with Crippen molar-refractivity contribution in [3.8, 4) is 0 Å². The van der Waals surface area contributed by atoms with Crippen LogP contribution in [0.2, 0.25) is 0 Å². The number of hydrogen-bond donors (Lipinski definition) is 2. The largest absolute Gasteiger partial charge is 0.480 e.